The molecule has 1 fully saturated rings. The lowest BCUT2D eigenvalue weighted by atomic mass is 10.0. The molecule has 0 atom stereocenters. The van der Waals surface area contributed by atoms with E-state index in [1.54, 1.807) is 6.07 Å². The second-order valence-electron chi connectivity index (χ2n) is 5.79. The molecule has 0 aliphatic carbocycles. The van der Waals surface area contributed by atoms with Gasteiger partial charge in [-0.2, -0.15) is 13.2 Å². The molecule has 1 aliphatic rings. The van der Waals surface area contributed by atoms with Crippen LogP contribution >= 0.6 is 0 Å². The van der Waals surface area contributed by atoms with Gasteiger partial charge in [-0.05, 0) is 30.7 Å². The highest BCUT2D eigenvalue weighted by Gasteiger charge is 2.34. The molecule has 0 saturated carbocycles. The monoisotopic (exact) mass is 331 g/mol. The topological polar surface area (TPSA) is 27.7 Å². The lowest BCUT2D eigenvalue weighted by Gasteiger charge is -2.35. The maximum absolute atomic E-state index is 13.3. The van der Waals surface area contributed by atoms with Gasteiger partial charge in [0.2, 0.25) is 0 Å². The first kappa shape index (κ1) is 18.0. The van der Waals surface area contributed by atoms with Gasteiger partial charge in [0.15, 0.2) is 0 Å². The first-order chi connectivity index (χ1) is 10.9. The summed E-state index contributed by atoms with van der Waals surface area (Å²) in [6.07, 6.45) is -3.27. The molecule has 1 N–H and O–H groups in total. The lowest BCUT2D eigenvalue weighted by molar-refractivity contribution is -0.138. The first-order valence-electron chi connectivity index (χ1n) is 7.88. The molecule has 2 rings (SSSR count). The van der Waals surface area contributed by atoms with Gasteiger partial charge in [-0.15, -0.1) is 0 Å². The molecular formula is C16H24F3N3O. The number of nitrogens with one attached hydrogen (secondary N) is 1. The van der Waals surface area contributed by atoms with E-state index in [-0.39, 0.29) is 0 Å². The van der Waals surface area contributed by atoms with E-state index in [0.717, 1.165) is 45.2 Å². The molecule has 0 amide bonds. The van der Waals surface area contributed by atoms with Gasteiger partial charge in [0, 0.05) is 32.7 Å². The van der Waals surface area contributed by atoms with Gasteiger partial charge < -0.3 is 4.90 Å². The normalized spacial score (nSPS) is 17.4. The van der Waals surface area contributed by atoms with E-state index in [1.807, 2.05) is 0 Å². The van der Waals surface area contributed by atoms with Crippen molar-refractivity contribution in [3.63, 3.8) is 0 Å². The van der Waals surface area contributed by atoms with Crippen molar-refractivity contribution < 1.29 is 18.0 Å². The van der Waals surface area contributed by atoms with Crippen LogP contribution in [0.1, 0.15) is 24.5 Å². The molecule has 4 nitrogen and oxygen atoms in total. The minimum atomic E-state index is -4.37. The van der Waals surface area contributed by atoms with Gasteiger partial charge in [0.1, 0.15) is 0 Å². The van der Waals surface area contributed by atoms with Crippen molar-refractivity contribution in [2.75, 3.05) is 45.3 Å². The van der Waals surface area contributed by atoms with E-state index in [2.05, 4.69) is 27.0 Å². The van der Waals surface area contributed by atoms with Crippen LogP contribution in [0.2, 0.25) is 0 Å². The number of piperazine rings is 1. The summed E-state index contributed by atoms with van der Waals surface area (Å²) in [4.78, 5) is 9.12. The second kappa shape index (κ2) is 7.99. The summed E-state index contributed by atoms with van der Waals surface area (Å²) in [6.45, 7) is 6.94. The van der Waals surface area contributed by atoms with Gasteiger partial charge >= 0.3 is 6.18 Å². The second-order valence-corrected chi connectivity index (χ2v) is 5.79. The summed E-state index contributed by atoms with van der Waals surface area (Å²) in [7, 11) is 1.37. The van der Waals surface area contributed by atoms with Crippen LogP contribution in [0.25, 0.3) is 0 Å². The molecule has 1 aromatic carbocycles. The number of rotatable bonds is 6. The van der Waals surface area contributed by atoms with E-state index in [4.69, 9.17) is 0 Å². The Morgan fingerprint density at radius 3 is 2.35 bits per heavy atom. The molecule has 1 saturated heterocycles. The van der Waals surface area contributed by atoms with Crippen LogP contribution in [0.4, 0.5) is 18.9 Å². The van der Waals surface area contributed by atoms with Crippen LogP contribution in [-0.4, -0.2) is 49.6 Å². The predicted molar refractivity (Wildman–Crippen MR) is 84.1 cm³/mol. The molecular weight excluding hydrogens is 307 g/mol. The van der Waals surface area contributed by atoms with E-state index in [0.29, 0.717) is 17.8 Å². The van der Waals surface area contributed by atoms with E-state index in [9.17, 15) is 13.2 Å². The van der Waals surface area contributed by atoms with Crippen molar-refractivity contribution in [3.8, 4) is 0 Å². The van der Waals surface area contributed by atoms with E-state index >= 15 is 0 Å². The molecule has 0 radical (unpaired) electrons. The molecule has 1 aliphatic heterocycles. The fourth-order valence-corrected chi connectivity index (χ4v) is 2.89. The predicted octanol–water partition coefficient (Wildman–Crippen LogP) is 3.21. The molecule has 1 aromatic rings. The third-order valence-corrected chi connectivity index (χ3v) is 4.03. The van der Waals surface area contributed by atoms with Crippen LogP contribution in [0.5, 0.6) is 0 Å². The zero-order chi connectivity index (χ0) is 16.9. The number of halogens is 3. The fraction of sp³-hybridized carbons (Fsp3) is 0.625. The minimum absolute atomic E-state index is 0.302. The summed E-state index contributed by atoms with van der Waals surface area (Å²) in [5, 5.41) is 0. The molecule has 0 bridgehead atoms. The molecule has 0 aromatic heterocycles. The zero-order valence-electron chi connectivity index (χ0n) is 13.6. The van der Waals surface area contributed by atoms with E-state index in [1.165, 1.54) is 13.2 Å². The zero-order valence-corrected chi connectivity index (χ0v) is 13.6. The number of benzene rings is 1. The van der Waals surface area contributed by atoms with Crippen LogP contribution in [0.15, 0.2) is 18.2 Å². The molecule has 0 spiro atoms. The van der Waals surface area contributed by atoms with Crippen molar-refractivity contribution in [1.29, 1.82) is 0 Å². The average molecular weight is 331 g/mol. The van der Waals surface area contributed by atoms with Crippen LogP contribution < -0.4 is 5.48 Å². The standard InChI is InChI=1S/C16H24F3N3O/c1-3-6-21-7-9-22(10-8-21)12-13-4-5-14(20-23-2)11-15(13)16(17,18)19/h4-5,11,20H,3,6-10,12H2,1-2H3. The summed E-state index contributed by atoms with van der Waals surface area (Å²) in [5.74, 6) is 0. The molecule has 1 heterocycles. The van der Waals surface area contributed by atoms with Gasteiger partial charge in [-0.1, -0.05) is 13.0 Å². The van der Waals surface area contributed by atoms with Crippen LogP contribution in [0, 0.1) is 0 Å². The van der Waals surface area contributed by atoms with Crippen molar-refractivity contribution in [3.05, 3.63) is 29.3 Å². The third-order valence-electron chi connectivity index (χ3n) is 4.03. The Hall–Kier alpha value is -1.31. The van der Waals surface area contributed by atoms with Crippen molar-refractivity contribution in [2.24, 2.45) is 0 Å². The average Bonchev–Trinajstić information content (AvgIpc) is 2.50. The smallest absolute Gasteiger partial charge is 0.301 e. The highest BCUT2D eigenvalue weighted by atomic mass is 19.4. The van der Waals surface area contributed by atoms with Crippen molar-refractivity contribution in [2.45, 2.75) is 26.1 Å². The quantitative estimate of drug-likeness (QED) is 0.810. The maximum Gasteiger partial charge on any atom is 0.416 e. The molecule has 0 unspecified atom stereocenters. The highest BCUT2D eigenvalue weighted by Crippen LogP contribution is 2.34. The minimum Gasteiger partial charge on any atom is -0.301 e. The Morgan fingerprint density at radius 1 is 1.13 bits per heavy atom. The third kappa shape index (κ3) is 5.09. The summed E-state index contributed by atoms with van der Waals surface area (Å²) in [6, 6.07) is 4.25. The molecule has 130 valence electrons. The highest BCUT2D eigenvalue weighted by molar-refractivity contribution is 5.48. The maximum atomic E-state index is 13.3. The van der Waals surface area contributed by atoms with Gasteiger partial charge in [0.05, 0.1) is 18.4 Å². The van der Waals surface area contributed by atoms with Gasteiger partial charge in [0.25, 0.3) is 0 Å². The largest absolute Gasteiger partial charge is 0.416 e. The van der Waals surface area contributed by atoms with Crippen molar-refractivity contribution in [1.82, 2.24) is 9.80 Å². The van der Waals surface area contributed by atoms with Crippen molar-refractivity contribution >= 4 is 5.69 Å². The number of hydrogen-bond acceptors (Lipinski definition) is 4. The Labute approximate surface area is 135 Å². The lowest BCUT2D eigenvalue weighted by Crippen LogP contribution is -2.46. The Morgan fingerprint density at radius 2 is 1.78 bits per heavy atom. The fourth-order valence-electron chi connectivity index (χ4n) is 2.89. The van der Waals surface area contributed by atoms with Gasteiger partial charge in [-0.3, -0.25) is 15.2 Å². The number of anilines is 1. The van der Waals surface area contributed by atoms with E-state index < -0.39 is 11.7 Å². The van der Waals surface area contributed by atoms with Crippen LogP contribution in [0.3, 0.4) is 0 Å². The number of nitrogens with zero attached hydrogens (tertiary/aromatic N) is 2. The van der Waals surface area contributed by atoms with Gasteiger partial charge in [-0.25, -0.2) is 0 Å². The Kier molecular flexibility index (Phi) is 6.26. The van der Waals surface area contributed by atoms with Crippen LogP contribution in [-0.2, 0) is 17.6 Å². The first-order valence-corrected chi connectivity index (χ1v) is 7.88. The Balaban J connectivity index is 2.07. The summed E-state index contributed by atoms with van der Waals surface area (Å²) >= 11 is 0. The number of alkyl halides is 3. The molecule has 7 heteroatoms. The summed E-state index contributed by atoms with van der Waals surface area (Å²) < 4.78 is 39.9. The SMILES string of the molecule is CCCN1CCN(Cc2ccc(NOC)cc2C(F)(F)F)CC1. The molecule has 23 heavy (non-hydrogen) atoms. The summed E-state index contributed by atoms with van der Waals surface area (Å²) in [5.41, 5.74) is 2.46. The Bertz CT molecular complexity index is 500. The number of hydrogen-bond donors (Lipinski definition) is 1.